The largest absolute Gasteiger partial charge is 0.324 e. The van der Waals surface area contributed by atoms with Crippen molar-refractivity contribution < 1.29 is 13.3 Å². The van der Waals surface area contributed by atoms with Gasteiger partial charge in [0.15, 0.2) is 0 Å². The number of nitro benzene ring substituents is 1. The number of hydrogen-bond acceptors (Lipinski definition) is 5. The van der Waals surface area contributed by atoms with Crippen LogP contribution >= 0.6 is 23.2 Å². The Labute approximate surface area is 129 Å². The van der Waals surface area contributed by atoms with E-state index in [0.29, 0.717) is 0 Å². The summed E-state index contributed by atoms with van der Waals surface area (Å²) in [6.45, 7) is 0. The summed E-state index contributed by atoms with van der Waals surface area (Å²) in [6.07, 6.45) is 1.22. The van der Waals surface area contributed by atoms with E-state index in [4.69, 9.17) is 23.2 Å². The number of nitrogens with zero attached hydrogens (tertiary/aromatic N) is 3. The molecule has 21 heavy (non-hydrogen) atoms. The Kier molecular flexibility index (Phi) is 4.08. The molecule has 0 saturated heterocycles. The van der Waals surface area contributed by atoms with Gasteiger partial charge in [0.2, 0.25) is 5.03 Å². The average Bonchev–Trinajstić information content (AvgIpc) is 2.72. The second-order valence-corrected chi connectivity index (χ2v) is 6.37. The Morgan fingerprint density at radius 1 is 1.38 bits per heavy atom. The predicted octanol–water partition coefficient (Wildman–Crippen LogP) is 2.44. The van der Waals surface area contributed by atoms with Crippen molar-refractivity contribution in [2.75, 3.05) is 4.72 Å². The maximum absolute atomic E-state index is 12.2. The van der Waals surface area contributed by atoms with Crippen LogP contribution in [0.25, 0.3) is 0 Å². The highest BCUT2D eigenvalue weighted by molar-refractivity contribution is 7.92. The molecule has 1 aromatic carbocycles. The van der Waals surface area contributed by atoms with Gasteiger partial charge in [-0.2, -0.15) is 8.42 Å². The molecule has 0 aliphatic carbocycles. The van der Waals surface area contributed by atoms with Crippen molar-refractivity contribution in [3.63, 3.8) is 0 Å². The summed E-state index contributed by atoms with van der Waals surface area (Å²) in [5, 5.41) is 10.5. The molecule has 1 aromatic heterocycles. The molecule has 2 rings (SSSR count). The first-order chi connectivity index (χ1) is 9.72. The van der Waals surface area contributed by atoms with Crippen LogP contribution in [0.4, 0.5) is 11.4 Å². The second-order valence-electron chi connectivity index (χ2n) is 3.98. The zero-order chi connectivity index (χ0) is 15.8. The Balaban J connectivity index is 2.47. The molecule has 2 aromatic rings. The lowest BCUT2D eigenvalue weighted by Gasteiger charge is -2.07. The molecule has 0 unspecified atom stereocenters. The van der Waals surface area contributed by atoms with Crippen molar-refractivity contribution in [3.05, 3.63) is 44.8 Å². The summed E-state index contributed by atoms with van der Waals surface area (Å²) in [5.41, 5.74) is -0.704. The van der Waals surface area contributed by atoms with E-state index < -0.39 is 25.7 Å². The van der Waals surface area contributed by atoms with Crippen LogP contribution in [0.15, 0.2) is 29.6 Å². The van der Waals surface area contributed by atoms with Gasteiger partial charge in [0.25, 0.3) is 15.7 Å². The molecular weight excluding hydrogens is 343 g/mol. The van der Waals surface area contributed by atoms with Crippen LogP contribution in [-0.4, -0.2) is 22.9 Å². The van der Waals surface area contributed by atoms with Crippen LogP contribution in [0.3, 0.4) is 0 Å². The normalized spacial score (nSPS) is 11.4. The number of imidazole rings is 1. The molecule has 112 valence electrons. The third-order valence-electron chi connectivity index (χ3n) is 2.49. The summed E-state index contributed by atoms with van der Waals surface area (Å²) in [7, 11) is -2.64. The Morgan fingerprint density at radius 2 is 2.05 bits per heavy atom. The van der Waals surface area contributed by atoms with Gasteiger partial charge in [-0.25, -0.2) is 4.98 Å². The molecule has 0 bridgehead atoms. The third-order valence-corrected chi connectivity index (χ3v) is 4.58. The summed E-state index contributed by atoms with van der Waals surface area (Å²) >= 11 is 11.5. The minimum absolute atomic E-state index is 0.112. The lowest BCUT2D eigenvalue weighted by Crippen LogP contribution is -2.15. The van der Waals surface area contributed by atoms with Crippen LogP contribution in [0.1, 0.15) is 0 Å². The molecule has 11 heteroatoms. The van der Waals surface area contributed by atoms with E-state index in [1.807, 2.05) is 0 Å². The molecule has 0 spiro atoms. The van der Waals surface area contributed by atoms with Gasteiger partial charge in [0, 0.05) is 18.1 Å². The van der Waals surface area contributed by atoms with Gasteiger partial charge in [-0.3, -0.25) is 14.8 Å². The third kappa shape index (κ3) is 3.09. The molecule has 0 aliphatic heterocycles. The van der Waals surface area contributed by atoms with Gasteiger partial charge in [0.1, 0.15) is 10.8 Å². The number of nitro groups is 1. The first kappa shape index (κ1) is 15.5. The topological polar surface area (TPSA) is 107 Å². The standard InChI is InChI=1S/C10H8Cl2N4O4S/c1-15-5-13-10(9(15)12)21(19,20)14-7-3-2-6(11)4-8(7)16(17)18/h2-5,14H,1H3. The van der Waals surface area contributed by atoms with Gasteiger partial charge in [-0.1, -0.05) is 23.2 Å². The number of sulfonamides is 1. The minimum Gasteiger partial charge on any atom is -0.324 e. The fraction of sp³-hybridized carbons (Fsp3) is 0.100. The number of benzene rings is 1. The smallest absolute Gasteiger partial charge is 0.294 e. The molecule has 1 N–H and O–H groups in total. The Bertz CT molecular complexity index is 818. The molecule has 0 saturated carbocycles. The molecule has 0 fully saturated rings. The molecule has 0 aliphatic rings. The number of hydrogen-bond donors (Lipinski definition) is 1. The van der Waals surface area contributed by atoms with E-state index in [-0.39, 0.29) is 15.9 Å². The molecule has 1 heterocycles. The number of rotatable bonds is 4. The van der Waals surface area contributed by atoms with E-state index in [1.54, 1.807) is 0 Å². The second kappa shape index (κ2) is 5.51. The highest BCUT2D eigenvalue weighted by atomic mass is 35.5. The van der Waals surface area contributed by atoms with E-state index in [0.717, 1.165) is 6.07 Å². The van der Waals surface area contributed by atoms with Crippen molar-refractivity contribution in [2.45, 2.75) is 5.03 Å². The average molecular weight is 351 g/mol. The van der Waals surface area contributed by atoms with Crippen molar-refractivity contribution in [2.24, 2.45) is 7.05 Å². The Hall–Kier alpha value is -1.84. The Morgan fingerprint density at radius 3 is 2.57 bits per heavy atom. The number of aromatic nitrogens is 2. The summed E-state index contributed by atoms with van der Waals surface area (Å²) in [4.78, 5) is 13.8. The van der Waals surface area contributed by atoms with Gasteiger partial charge in [-0.05, 0) is 12.1 Å². The minimum atomic E-state index is -4.15. The van der Waals surface area contributed by atoms with Gasteiger partial charge in [0.05, 0.1) is 11.3 Å². The highest BCUT2D eigenvalue weighted by Gasteiger charge is 2.26. The first-order valence-corrected chi connectivity index (χ1v) is 7.60. The number of aryl methyl sites for hydroxylation is 1. The number of anilines is 1. The SMILES string of the molecule is Cn1cnc(S(=O)(=O)Nc2ccc(Cl)cc2[N+](=O)[O-])c1Cl. The van der Waals surface area contributed by atoms with Crippen LogP contribution < -0.4 is 4.72 Å². The quantitative estimate of drug-likeness (QED) is 0.672. The predicted molar refractivity (Wildman–Crippen MR) is 77.1 cm³/mol. The number of halogens is 2. The van der Waals surface area contributed by atoms with Crippen molar-refractivity contribution in [3.8, 4) is 0 Å². The zero-order valence-corrected chi connectivity index (χ0v) is 12.8. The summed E-state index contributed by atoms with van der Waals surface area (Å²) in [6, 6.07) is 3.56. The van der Waals surface area contributed by atoms with E-state index in [9.17, 15) is 18.5 Å². The van der Waals surface area contributed by atoms with Crippen LogP contribution in [-0.2, 0) is 17.1 Å². The van der Waals surface area contributed by atoms with Crippen molar-refractivity contribution in [1.82, 2.24) is 9.55 Å². The maximum Gasteiger partial charge on any atom is 0.294 e. The van der Waals surface area contributed by atoms with E-state index >= 15 is 0 Å². The summed E-state index contributed by atoms with van der Waals surface area (Å²) < 4.78 is 27.7. The molecule has 0 atom stereocenters. The van der Waals surface area contributed by atoms with Gasteiger partial charge >= 0.3 is 0 Å². The lowest BCUT2D eigenvalue weighted by molar-refractivity contribution is -0.383. The number of nitrogens with one attached hydrogen (secondary N) is 1. The fourth-order valence-electron chi connectivity index (χ4n) is 1.51. The van der Waals surface area contributed by atoms with Gasteiger partial charge in [-0.15, -0.1) is 0 Å². The van der Waals surface area contributed by atoms with E-state index in [1.165, 1.54) is 30.1 Å². The van der Waals surface area contributed by atoms with Crippen LogP contribution in [0.5, 0.6) is 0 Å². The van der Waals surface area contributed by atoms with Crippen molar-refractivity contribution in [1.29, 1.82) is 0 Å². The fourth-order valence-corrected chi connectivity index (χ4v) is 3.18. The molecule has 8 nitrogen and oxygen atoms in total. The van der Waals surface area contributed by atoms with E-state index in [2.05, 4.69) is 9.71 Å². The monoisotopic (exact) mass is 350 g/mol. The highest BCUT2D eigenvalue weighted by Crippen LogP contribution is 2.30. The van der Waals surface area contributed by atoms with Crippen molar-refractivity contribution >= 4 is 44.6 Å². The molecule has 0 radical (unpaired) electrons. The molecular formula is C10H8Cl2N4O4S. The summed E-state index contributed by atoms with van der Waals surface area (Å²) in [5.74, 6) is 0. The maximum atomic E-state index is 12.2. The zero-order valence-electron chi connectivity index (χ0n) is 10.4. The van der Waals surface area contributed by atoms with Crippen LogP contribution in [0, 0.1) is 10.1 Å². The van der Waals surface area contributed by atoms with Gasteiger partial charge < -0.3 is 4.57 Å². The van der Waals surface area contributed by atoms with Crippen LogP contribution in [0.2, 0.25) is 10.2 Å². The molecule has 0 amide bonds. The first-order valence-electron chi connectivity index (χ1n) is 5.36. The lowest BCUT2D eigenvalue weighted by atomic mass is 10.3.